The van der Waals surface area contributed by atoms with Crippen LogP contribution in [0.5, 0.6) is 5.75 Å². The maximum atomic E-state index is 13.6. The zero-order valence-electron chi connectivity index (χ0n) is 19.9. The molecule has 1 N–H and O–H groups in total. The van der Waals surface area contributed by atoms with Crippen LogP contribution < -0.4 is 10.2 Å². The third-order valence-corrected chi connectivity index (χ3v) is 7.46. The van der Waals surface area contributed by atoms with Crippen LogP contribution in [0.3, 0.4) is 0 Å². The number of carbonyl (C=O) groups is 1. The van der Waals surface area contributed by atoms with Crippen molar-refractivity contribution < 1.29 is 27.5 Å². The molecular formula is C25H28N4O6S. The van der Waals surface area contributed by atoms with Gasteiger partial charge in [-0.1, -0.05) is 30.3 Å². The van der Waals surface area contributed by atoms with Crippen LogP contribution in [-0.4, -0.2) is 54.5 Å². The molecule has 10 nitrogen and oxygen atoms in total. The van der Waals surface area contributed by atoms with E-state index in [2.05, 4.69) is 15.4 Å². The number of hydroxylamine groups is 1. The van der Waals surface area contributed by atoms with Gasteiger partial charge in [-0.05, 0) is 36.8 Å². The van der Waals surface area contributed by atoms with E-state index in [1.807, 2.05) is 37.3 Å². The first kappa shape index (κ1) is 25.7. The second-order valence-electron chi connectivity index (χ2n) is 7.98. The van der Waals surface area contributed by atoms with Gasteiger partial charge in [0.15, 0.2) is 0 Å². The van der Waals surface area contributed by atoms with E-state index in [-0.39, 0.29) is 24.5 Å². The summed E-state index contributed by atoms with van der Waals surface area (Å²) in [4.78, 5) is 27.1. The number of nitrogens with zero attached hydrogens (tertiary/aromatic N) is 3. The molecule has 3 aromatic rings. The van der Waals surface area contributed by atoms with E-state index in [1.54, 1.807) is 12.1 Å². The van der Waals surface area contributed by atoms with Gasteiger partial charge >= 0.3 is 0 Å². The normalized spacial score (nSPS) is 15.8. The highest BCUT2D eigenvalue weighted by molar-refractivity contribution is 7.89. The Morgan fingerprint density at radius 1 is 1.03 bits per heavy atom. The molecule has 1 aromatic heterocycles. The molecule has 1 unspecified atom stereocenters. The summed E-state index contributed by atoms with van der Waals surface area (Å²) in [6.45, 7) is 3.34. The Hall–Kier alpha value is -3.38. The molecule has 0 saturated carbocycles. The summed E-state index contributed by atoms with van der Waals surface area (Å²) < 4.78 is 39.2. The molecule has 0 bridgehead atoms. The number of amides is 1. The Labute approximate surface area is 210 Å². The van der Waals surface area contributed by atoms with E-state index >= 15 is 0 Å². The molecule has 1 aliphatic heterocycles. The summed E-state index contributed by atoms with van der Waals surface area (Å²) in [5.41, 5.74) is 4.35. The minimum atomic E-state index is -4.05. The second kappa shape index (κ2) is 12.0. The second-order valence-corrected chi connectivity index (χ2v) is 9.87. The SMILES string of the molecule is CCOCCOc1ccc(S(=O)(=O)N2Cc3nccnc3CC2C(=O)NOCc2ccccc2)cc1. The summed E-state index contributed by atoms with van der Waals surface area (Å²) in [5, 5.41) is 0. The predicted molar refractivity (Wildman–Crippen MR) is 130 cm³/mol. The summed E-state index contributed by atoms with van der Waals surface area (Å²) in [7, 11) is -4.05. The molecule has 0 fully saturated rings. The molecule has 1 amide bonds. The number of aromatic nitrogens is 2. The molecule has 0 saturated heterocycles. The van der Waals surface area contributed by atoms with E-state index in [4.69, 9.17) is 14.3 Å². The lowest BCUT2D eigenvalue weighted by Gasteiger charge is -2.33. The van der Waals surface area contributed by atoms with Crippen molar-refractivity contribution in [3.05, 3.63) is 83.9 Å². The lowest BCUT2D eigenvalue weighted by Crippen LogP contribution is -2.52. The molecule has 0 spiro atoms. The highest BCUT2D eigenvalue weighted by atomic mass is 32.2. The fourth-order valence-electron chi connectivity index (χ4n) is 3.76. The van der Waals surface area contributed by atoms with E-state index in [1.165, 1.54) is 24.5 Å². The number of ether oxygens (including phenoxy) is 2. The van der Waals surface area contributed by atoms with Gasteiger partial charge in [-0.25, -0.2) is 13.9 Å². The van der Waals surface area contributed by atoms with E-state index in [0.29, 0.717) is 37.0 Å². The summed E-state index contributed by atoms with van der Waals surface area (Å²) >= 11 is 0. The van der Waals surface area contributed by atoms with Gasteiger partial charge in [0.2, 0.25) is 10.0 Å². The fraction of sp³-hybridized carbons (Fsp3) is 0.320. The summed E-state index contributed by atoms with van der Waals surface area (Å²) in [6.07, 6.45) is 3.09. The number of hydrogen-bond acceptors (Lipinski definition) is 8. The largest absolute Gasteiger partial charge is 0.491 e. The molecule has 2 heterocycles. The van der Waals surface area contributed by atoms with Crippen molar-refractivity contribution in [2.24, 2.45) is 0 Å². The number of rotatable bonds is 11. The topological polar surface area (TPSA) is 120 Å². The minimum Gasteiger partial charge on any atom is -0.491 e. The van der Waals surface area contributed by atoms with Gasteiger partial charge < -0.3 is 9.47 Å². The van der Waals surface area contributed by atoms with Crippen molar-refractivity contribution in [3.8, 4) is 5.75 Å². The first-order chi connectivity index (χ1) is 17.5. The number of fused-ring (bicyclic) bond motifs is 1. The van der Waals surface area contributed by atoms with Crippen LogP contribution >= 0.6 is 0 Å². The van der Waals surface area contributed by atoms with E-state index in [0.717, 1.165) is 9.87 Å². The van der Waals surface area contributed by atoms with Crippen LogP contribution in [0.25, 0.3) is 0 Å². The number of sulfonamides is 1. The minimum absolute atomic E-state index is 0.0370. The van der Waals surface area contributed by atoms with E-state index < -0.39 is 22.0 Å². The first-order valence-electron chi connectivity index (χ1n) is 11.6. The maximum absolute atomic E-state index is 13.6. The molecule has 4 rings (SSSR count). The Morgan fingerprint density at radius 3 is 2.47 bits per heavy atom. The molecule has 0 radical (unpaired) electrons. The van der Waals surface area contributed by atoms with Crippen molar-refractivity contribution in [2.75, 3.05) is 19.8 Å². The Kier molecular flexibility index (Phi) is 8.60. The molecular weight excluding hydrogens is 484 g/mol. The Bertz CT molecular complexity index is 1260. The lowest BCUT2D eigenvalue weighted by molar-refractivity contribution is -0.139. The van der Waals surface area contributed by atoms with Gasteiger partial charge in [0, 0.05) is 25.4 Å². The zero-order chi connectivity index (χ0) is 25.4. The zero-order valence-corrected chi connectivity index (χ0v) is 20.7. The smallest absolute Gasteiger partial charge is 0.262 e. The number of hydrogen-bond donors (Lipinski definition) is 1. The summed E-state index contributed by atoms with van der Waals surface area (Å²) in [6, 6.07) is 14.3. The maximum Gasteiger partial charge on any atom is 0.262 e. The van der Waals surface area contributed by atoms with Crippen LogP contribution in [0.4, 0.5) is 0 Å². The van der Waals surface area contributed by atoms with Gasteiger partial charge in [-0.2, -0.15) is 4.31 Å². The highest BCUT2D eigenvalue weighted by Gasteiger charge is 2.41. The Morgan fingerprint density at radius 2 is 1.75 bits per heavy atom. The van der Waals surface area contributed by atoms with Gasteiger partial charge in [-0.15, -0.1) is 0 Å². The van der Waals surface area contributed by atoms with Crippen LogP contribution in [0.15, 0.2) is 71.9 Å². The van der Waals surface area contributed by atoms with Gasteiger partial charge in [0.1, 0.15) is 18.4 Å². The van der Waals surface area contributed by atoms with Gasteiger partial charge in [-0.3, -0.25) is 19.6 Å². The molecule has 2 aromatic carbocycles. The average molecular weight is 513 g/mol. The third kappa shape index (κ3) is 6.24. The van der Waals surface area contributed by atoms with Crippen LogP contribution in [0.1, 0.15) is 23.9 Å². The lowest BCUT2D eigenvalue weighted by atomic mass is 10.0. The predicted octanol–water partition coefficient (Wildman–Crippen LogP) is 2.26. The number of nitrogens with one attached hydrogen (secondary N) is 1. The van der Waals surface area contributed by atoms with Crippen LogP contribution in [0.2, 0.25) is 0 Å². The molecule has 1 aliphatic rings. The van der Waals surface area contributed by atoms with Crippen molar-refractivity contribution in [3.63, 3.8) is 0 Å². The quantitative estimate of drug-likeness (QED) is 0.307. The fourth-order valence-corrected chi connectivity index (χ4v) is 5.30. The molecule has 11 heteroatoms. The number of carbonyl (C=O) groups excluding carboxylic acids is 1. The Balaban J connectivity index is 1.50. The van der Waals surface area contributed by atoms with Crippen LogP contribution in [-0.2, 0) is 44.0 Å². The van der Waals surface area contributed by atoms with Crippen molar-refractivity contribution >= 4 is 15.9 Å². The van der Waals surface area contributed by atoms with E-state index in [9.17, 15) is 13.2 Å². The van der Waals surface area contributed by atoms with Crippen LogP contribution in [0, 0.1) is 0 Å². The first-order valence-corrected chi connectivity index (χ1v) is 13.0. The summed E-state index contributed by atoms with van der Waals surface area (Å²) in [5.74, 6) is -0.0613. The number of benzene rings is 2. The molecule has 190 valence electrons. The monoisotopic (exact) mass is 512 g/mol. The highest BCUT2D eigenvalue weighted by Crippen LogP contribution is 2.28. The molecule has 1 atom stereocenters. The van der Waals surface area contributed by atoms with Gasteiger partial charge in [0.05, 0.1) is 36.0 Å². The van der Waals surface area contributed by atoms with Gasteiger partial charge in [0.25, 0.3) is 5.91 Å². The van der Waals surface area contributed by atoms with Crippen molar-refractivity contribution in [2.45, 2.75) is 37.4 Å². The molecule has 36 heavy (non-hydrogen) atoms. The van der Waals surface area contributed by atoms with Crippen molar-refractivity contribution in [1.82, 2.24) is 19.8 Å². The standard InChI is InChI=1S/C25H28N4O6S/c1-2-33-14-15-34-20-8-10-21(11-9-20)36(31,32)29-17-23-22(26-12-13-27-23)16-24(29)25(30)28-35-18-19-6-4-3-5-7-19/h3-13,24H,2,14-18H2,1H3,(H,28,30). The third-order valence-electron chi connectivity index (χ3n) is 5.59. The van der Waals surface area contributed by atoms with Crippen molar-refractivity contribution in [1.29, 1.82) is 0 Å². The average Bonchev–Trinajstić information content (AvgIpc) is 2.91. The molecule has 0 aliphatic carbocycles.